The number of hydrogen-bond acceptors (Lipinski definition) is 4. The molecule has 0 unspecified atom stereocenters. The van der Waals surface area contributed by atoms with Gasteiger partial charge in [0.2, 0.25) is 11.8 Å². The molecule has 7 nitrogen and oxygen atoms in total. The fraction of sp³-hybridized carbons (Fsp3) is 0.842. The van der Waals surface area contributed by atoms with Gasteiger partial charge in [-0.1, -0.05) is 19.3 Å². The van der Waals surface area contributed by atoms with Crippen LogP contribution in [0.5, 0.6) is 0 Å². The molecule has 1 saturated carbocycles. The molecule has 2 heterocycles. The SMILES string of the molecule is CCOC(=O)N1CC[NH+](CCCN2C(=O)CC3(CCCCC3)C2=O)CC1.[Cl-]. The minimum atomic E-state index is -0.368. The first-order chi connectivity index (χ1) is 12.6. The second-order valence-corrected chi connectivity index (χ2v) is 7.91. The van der Waals surface area contributed by atoms with E-state index in [-0.39, 0.29) is 35.7 Å². The number of rotatable bonds is 5. The highest BCUT2D eigenvalue weighted by Crippen LogP contribution is 2.45. The Labute approximate surface area is 167 Å². The lowest BCUT2D eigenvalue weighted by Crippen LogP contribution is -3.14. The van der Waals surface area contributed by atoms with E-state index in [0.717, 1.165) is 51.7 Å². The Bertz CT molecular complexity index is 543. The van der Waals surface area contributed by atoms with Crippen LogP contribution in [0, 0.1) is 5.41 Å². The Balaban J connectivity index is 0.00000261. The Morgan fingerprint density at radius 1 is 1.15 bits per heavy atom. The van der Waals surface area contributed by atoms with Crippen LogP contribution >= 0.6 is 0 Å². The molecule has 3 fully saturated rings. The first-order valence-corrected chi connectivity index (χ1v) is 10.2. The summed E-state index contributed by atoms with van der Waals surface area (Å²) in [6.45, 7) is 6.90. The second kappa shape index (κ2) is 9.73. The van der Waals surface area contributed by atoms with Crippen molar-refractivity contribution in [2.75, 3.05) is 45.9 Å². The van der Waals surface area contributed by atoms with Crippen molar-refractivity contribution in [1.82, 2.24) is 9.80 Å². The predicted octanol–water partition coefficient (Wildman–Crippen LogP) is -2.55. The number of carbonyl (C=O) groups is 3. The summed E-state index contributed by atoms with van der Waals surface area (Å²) >= 11 is 0. The monoisotopic (exact) mass is 401 g/mol. The van der Waals surface area contributed by atoms with Crippen molar-refractivity contribution in [2.24, 2.45) is 5.41 Å². The molecular formula is C19H32ClN3O4. The predicted molar refractivity (Wildman–Crippen MR) is 95.6 cm³/mol. The Morgan fingerprint density at radius 3 is 2.44 bits per heavy atom. The number of nitrogens with one attached hydrogen (secondary N) is 1. The lowest BCUT2D eigenvalue weighted by Gasteiger charge is -2.32. The van der Waals surface area contributed by atoms with Gasteiger partial charge in [-0.25, -0.2) is 4.79 Å². The number of quaternary nitrogens is 1. The molecule has 154 valence electrons. The molecule has 0 radical (unpaired) electrons. The fourth-order valence-corrected chi connectivity index (χ4v) is 4.66. The lowest BCUT2D eigenvalue weighted by atomic mass is 9.73. The standard InChI is InChI=1S/C19H31N3O4.ClH/c1-2-26-18(25)21-13-11-20(12-14-21)9-6-10-22-16(23)15-19(17(22)24)7-4-3-5-8-19;/h2-15H2,1H3;1H. The molecule has 0 aromatic heterocycles. The largest absolute Gasteiger partial charge is 1.00 e. The summed E-state index contributed by atoms with van der Waals surface area (Å²) in [7, 11) is 0. The molecule has 1 spiro atoms. The van der Waals surface area contributed by atoms with Crippen LogP contribution in [0.3, 0.4) is 0 Å². The number of hydrogen-bond donors (Lipinski definition) is 1. The minimum Gasteiger partial charge on any atom is -1.00 e. The third-order valence-corrected chi connectivity index (χ3v) is 6.21. The summed E-state index contributed by atoms with van der Waals surface area (Å²) in [5.74, 6) is 0.114. The van der Waals surface area contributed by atoms with E-state index < -0.39 is 0 Å². The molecule has 0 aromatic rings. The van der Waals surface area contributed by atoms with Crippen molar-refractivity contribution in [2.45, 2.75) is 51.9 Å². The number of imide groups is 1. The molecule has 3 amide bonds. The van der Waals surface area contributed by atoms with Crippen LogP contribution in [0.25, 0.3) is 0 Å². The fourth-order valence-electron chi connectivity index (χ4n) is 4.66. The number of amides is 3. The van der Waals surface area contributed by atoms with E-state index in [4.69, 9.17) is 4.74 Å². The van der Waals surface area contributed by atoms with Crippen LogP contribution in [-0.2, 0) is 14.3 Å². The van der Waals surface area contributed by atoms with Crippen molar-refractivity contribution in [3.8, 4) is 0 Å². The highest BCUT2D eigenvalue weighted by atomic mass is 35.5. The number of nitrogens with zero attached hydrogens (tertiary/aromatic N) is 2. The summed E-state index contributed by atoms with van der Waals surface area (Å²) < 4.78 is 5.04. The molecule has 1 aliphatic carbocycles. The third kappa shape index (κ3) is 4.93. The summed E-state index contributed by atoms with van der Waals surface area (Å²) in [4.78, 5) is 41.6. The topological polar surface area (TPSA) is 71.4 Å². The smallest absolute Gasteiger partial charge is 0.410 e. The Kier molecular flexibility index (Phi) is 7.91. The third-order valence-electron chi connectivity index (χ3n) is 6.21. The van der Waals surface area contributed by atoms with Crippen LogP contribution in [0.1, 0.15) is 51.9 Å². The average Bonchev–Trinajstić information content (AvgIpc) is 2.87. The normalized spacial score (nSPS) is 22.9. The summed E-state index contributed by atoms with van der Waals surface area (Å²) in [6, 6.07) is 0. The maximum Gasteiger partial charge on any atom is 0.410 e. The molecule has 3 rings (SSSR count). The van der Waals surface area contributed by atoms with Gasteiger partial charge in [0, 0.05) is 19.4 Å². The first kappa shape index (κ1) is 22.0. The quantitative estimate of drug-likeness (QED) is 0.515. The molecule has 2 aliphatic heterocycles. The minimum absolute atomic E-state index is 0. The molecule has 8 heteroatoms. The summed E-state index contributed by atoms with van der Waals surface area (Å²) in [5, 5.41) is 0. The number of carbonyl (C=O) groups excluding carboxylic acids is 3. The number of likely N-dealkylation sites (tertiary alicyclic amines) is 1. The van der Waals surface area contributed by atoms with Crippen LogP contribution in [0.15, 0.2) is 0 Å². The van der Waals surface area contributed by atoms with Crippen molar-refractivity contribution in [3.05, 3.63) is 0 Å². The maximum absolute atomic E-state index is 12.8. The average molecular weight is 402 g/mol. The van der Waals surface area contributed by atoms with Gasteiger partial charge < -0.3 is 22.0 Å². The molecule has 2 saturated heterocycles. The van der Waals surface area contributed by atoms with E-state index in [9.17, 15) is 14.4 Å². The van der Waals surface area contributed by atoms with Crippen molar-refractivity contribution >= 4 is 17.9 Å². The van der Waals surface area contributed by atoms with Gasteiger partial charge in [-0.3, -0.25) is 19.4 Å². The lowest BCUT2D eigenvalue weighted by molar-refractivity contribution is -0.904. The van der Waals surface area contributed by atoms with Crippen molar-refractivity contribution in [3.63, 3.8) is 0 Å². The van der Waals surface area contributed by atoms with Gasteiger partial charge >= 0.3 is 6.09 Å². The van der Waals surface area contributed by atoms with E-state index in [2.05, 4.69) is 0 Å². The zero-order valence-corrected chi connectivity index (χ0v) is 17.1. The summed E-state index contributed by atoms with van der Waals surface area (Å²) in [5.41, 5.74) is -0.368. The maximum atomic E-state index is 12.8. The Morgan fingerprint density at radius 2 is 1.81 bits per heavy atom. The van der Waals surface area contributed by atoms with E-state index >= 15 is 0 Å². The van der Waals surface area contributed by atoms with Crippen LogP contribution in [0.4, 0.5) is 4.79 Å². The molecule has 27 heavy (non-hydrogen) atoms. The van der Waals surface area contributed by atoms with E-state index in [1.165, 1.54) is 16.2 Å². The van der Waals surface area contributed by atoms with Gasteiger partial charge in [-0.05, 0) is 19.8 Å². The van der Waals surface area contributed by atoms with Crippen LogP contribution in [-0.4, -0.2) is 73.6 Å². The highest BCUT2D eigenvalue weighted by Gasteiger charge is 2.51. The second-order valence-electron chi connectivity index (χ2n) is 7.91. The number of ether oxygens (including phenoxy) is 1. The number of halogens is 1. The molecule has 1 N–H and O–H groups in total. The molecular weight excluding hydrogens is 370 g/mol. The van der Waals surface area contributed by atoms with Gasteiger partial charge in [-0.2, -0.15) is 0 Å². The van der Waals surface area contributed by atoms with Crippen LogP contribution in [0.2, 0.25) is 0 Å². The highest BCUT2D eigenvalue weighted by molar-refractivity contribution is 6.05. The first-order valence-electron chi connectivity index (χ1n) is 10.2. The molecule has 3 aliphatic rings. The van der Waals surface area contributed by atoms with Crippen LogP contribution < -0.4 is 17.3 Å². The van der Waals surface area contributed by atoms with Gasteiger partial charge in [0.1, 0.15) is 0 Å². The van der Waals surface area contributed by atoms with E-state index in [0.29, 0.717) is 32.7 Å². The van der Waals surface area contributed by atoms with Gasteiger partial charge in [0.05, 0.1) is 44.7 Å². The van der Waals surface area contributed by atoms with Gasteiger partial charge in [-0.15, -0.1) is 0 Å². The molecule has 0 bridgehead atoms. The zero-order valence-electron chi connectivity index (χ0n) is 16.3. The Hall–Kier alpha value is -1.34. The number of piperazine rings is 1. The van der Waals surface area contributed by atoms with E-state index in [1.54, 1.807) is 4.90 Å². The van der Waals surface area contributed by atoms with Crippen molar-refractivity contribution in [1.29, 1.82) is 0 Å². The van der Waals surface area contributed by atoms with Gasteiger partial charge in [0.25, 0.3) is 0 Å². The van der Waals surface area contributed by atoms with E-state index in [1.807, 2.05) is 6.92 Å². The molecule has 0 aromatic carbocycles. The molecule has 0 atom stereocenters. The van der Waals surface area contributed by atoms with Gasteiger partial charge in [0.15, 0.2) is 0 Å². The van der Waals surface area contributed by atoms with Crippen molar-refractivity contribution < 1.29 is 36.4 Å². The summed E-state index contributed by atoms with van der Waals surface area (Å²) in [6.07, 6.45) is 6.13. The zero-order chi connectivity index (χ0) is 18.6.